The van der Waals surface area contributed by atoms with Crippen LogP contribution in [0.2, 0.25) is 0 Å². The highest BCUT2D eigenvalue weighted by molar-refractivity contribution is 7.96. The number of hydrogen-bond donors (Lipinski definition) is 0. The number of methoxy groups -OCH3 is 1. The summed E-state index contributed by atoms with van der Waals surface area (Å²) in [5, 5.41) is 0. The largest absolute Gasteiger partial charge is 0.465 e. The minimum absolute atomic E-state index is 0.174. The van der Waals surface area contributed by atoms with Crippen LogP contribution in [0.5, 0.6) is 0 Å². The van der Waals surface area contributed by atoms with E-state index in [9.17, 15) is 17.6 Å². The molecule has 0 atom stereocenters. The van der Waals surface area contributed by atoms with Crippen LogP contribution in [0.4, 0.5) is 4.39 Å². The summed E-state index contributed by atoms with van der Waals surface area (Å²) in [4.78, 5) is 12.3. The fourth-order valence-corrected chi connectivity index (χ4v) is 2.71. The van der Waals surface area contributed by atoms with Gasteiger partial charge >= 0.3 is 5.97 Å². The second kappa shape index (κ2) is 5.83. The predicted molar refractivity (Wildman–Crippen MR) is 67.4 cm³/mol. The second-order valence-corrected chi connectivity index (χ2v) is 5.82. The number of rotatable bonds is 4. The number of sulfone groups is 1. The molecule has 0 aliphatic rings. The first-order chi connectivity index (χ1) is 8.78. The summed E-state index contributed by atoms with van der Waals surface area (Å²) in [6, 6.07) is 4.21. The summed E-state index contributed by atoms with van der Waals surface area (Å²) in [5.74, 6) is -1.53. The lowest BCUT2D eigenvalue weighted by Crippen LogP contribution is -2.18. The molecule has 0 radical (unpaired) electrons. The van der Waals surface area contributed by atoms with Crippen molar-refractivity contribution < 1.29 is 22.3 Å². The Hall–Kier alpha value is -1.89. The van der Waals surface area contributed by atoms with Gasteiger partial charge in [-0.15, -0.1) is 0 Å². The number of nitrogens with zero attached hydrogens (tertiary/aromatic N) is 1. The molecule has 5 nitrogen and oxygen atoms in total. The maximum Gasteiger partial charge on any atom is 0.351 e. The first-order valence-corrected chi connectivity index (χ1v) is 6.74. The Labute approximate surface area is 111 Å². The highest BCUT2D eigenvalue weighted by Gasteiger charge is 2.28. The molecule has 0 N–H and O–H groups in total. The van der Waals surface area contributed by atoms with Crippen LogP contribution in [0, 0.1) is 5.82 Å². The van der Waals surface area contributed by atoms with Crippen molar-refractivity contribution in [2.45, 2.75) is 4.90 Å². The molecule has 1 aromatic carbocycles. The van der Waals surface area contributed by atoms with Crippen molar-refractivity contribution in [3.63, 3.8) is 0 Å². The van der Waals surface area contributed by atoms with Crippen LogP contribution in [-0.4, -0.2) is 40.5 Å². The van der Waals surface area contributed by atoms with Gasteiger partial charge in [0.05, 0.1) is 12.0 Å². The van der Waals surface area contributed by atoms with Crippen molar-refractivity contribution in [2.75, 3.05) is 21.2 Å². The summed E-state index contributed by atoms with van der Waals surface area (Å²) < 4.78 is 41.8. The Kier molecular flexibility index (Phi) is 4.66. The first-order valence-electron chi connectivity index (χ1n) is 5.26. The lowest BCUT2D eigenvalue weighted by Gasteiger charge is -2.11. The molecule has 0 aliphatic heterocycles. The zero-order valence-electron chi connectivity index (χ0n) is 10.8. The molecule has 0 spiro atoms. The molecular formula is C12H14FNO4S. The highest BCUT2D eigenvalue weighted by Crippen LogP contribution is 2.20. The number of esters is 1. The molecule has 1 aromatic rings. The summed E-state index contributed by atoms with van der Waals surface area (Å²) in [6.45, 7) is 0. The molecule has 19 heavy (non-hydrogen) atoms. The second-order valence-electron chi connectivity index (χ2n) is 3.91. The molecule has 1 rings (SSSR count). The molecule has 0 unspecified atom stereocenters. The van der Waals surface area contributed by atoms with E-state index in [4.69, 9.17) is 0 Å². The van der Waals surface area contributed by atoms with Crippen LogP contribution >= 0.6 is 0 Å². The van der Waals surface area contributed by atoms with Crippen LogP contribution in [-0.2, 0) is 19.4 Å². The molecule has 0 aromatic heterocycles. The zero-order valence-corrected chi connectivity index (χ0v) is 11.6. The SMILES string of the molecule is COC(=O)C(=CN(C)C)S(=O)(=O)c1ccc(F)cc1. The van der Waals surface area contributed by atoms with Crippen molar-refractivity contribution in [1.82, 2.24) is 4.90 Å². The Morgan fingerprint density at radius 1 is 1.26 bits per heavy atom. The van der Waals surface area contributed by atoms with Crippen LogP contribution in [0.3, 0.4) is 0 Å². The first kappa shape index (κ1) is 15.2. The van der Waals surface area contributed by atoms with E-state index in [1.807, 2.05) is 0 Å². The van der Waals surface area contributed by atoms with E-state index in [1.165, 1.54) is 4.90 Å². The number of hydrogen-bond acceptors (Lipinski definition) is 5. The van der Waals surface area contributed by atoms with E-state index in [0.29, 0.717) is 0 Å². The van der Waals surface area contributed by atoms with E-state index in [-0.39, 0.29) is 4.90 Å². The molecule has 7 heteroatoms. The van der Waals surface area contributed by atoms with E-state index < -0.39 is 26.5 Å². The fourth-order valence-electron chi connectivity index (χ4n) is 1.31. The third kappa shape index (κ3) is 3.54. The lowest BCUT2D eigenvalue weighted by molar-refractivity contribution is -0.135. The molecule has 0 saturated carbocycles. The maximum atomic E-state index is 12.8. The monoisotopic (exact) mass is 287 g/mol. The third-order valence-corrected chi connectivity index (χ3v) is 3.92. The molecule has 0 saturated heterocycles. The Morgan fingerprint density at radius 2 is 1.79 bits per heavy atom. The van der Waals surface area contributed by atoms with Crippen LogP contribution in [0.15, 0.2) is 40.3 Å². The van der Waals surface area contributed by atoms with Gasteiger partial charge in [0, 0.05) is 20.3 Å². The number of ether oxygens (including phenoxy) is 1. The fraction of sp³-hybridized carbons (Fsp3) is 0.250. The van der Waals surface area contributed by atoms with Crippen LogP contribution < -0.4 is 0 Å². The van der Waals surface area contributed by atoms with Crippen molar-refractivity contribution in [1.29, 1.82) is 0 Å². The lowest BCUT2D eigenvalue weighted by atomic mass is 10.4. The van der Waals surface area contributed by atoms with Crippen molar-refractivity contribution in [3.8, 4) is 0 Å². The van der Waals surface area contributed by atoms with Crippen LogP contribution in [0.25, 0.3) is 0 Å². The molecule has 104 valence electrons. The maximum absolute atomic E-state index is 12.8. The Bertz CT molecular complexity index is 591. The Morgan fingerprint density at radius 3 is 2.21 bits per heavy atom. The van der Waals surface area contributed by atoms with E-state index in [0.717, 1.165) is 37.6 Å². The predicted octanol–water partition coefficient (Wildman–Crippen LogP) is 1.18. The van der Waals surface area contributed by atoms with Gasteiger partial charge in [0.15, 0.2) is 4.91 Å². The molecule has 0 fully saturated rings. The van der Waals surface area contributed by atoms with Gasteiger partial charge in [0.1, 0.15) is 5.82 Å². The zero-order chi connectivity index (χ0) is 14.6. The van der Waals surface area contributed by atoms with Gasteiger partial charge in [-0.3, -0.25) is 0 Å². The Balaban J connectivity index is 3.36. The number of halogens is 1. The molecule has 0 bridgehead atoms. The average Bonchev–Trinajstić information content (AvgIpc) is 2.35. The molecule has 0 aliphatic carbocycles. The summed E-state index contributed by atoms with van der Waals surface area (Å²) in [7, 11) is 0.188. The van der Waals surface area contributed by atoms with E-state index in [2.05, 4.69) is 4.74 Å². The van der Waals surface area contributed by atoms with Gasteiger partial charge in [-0.2, -0.15) is 0 Å². The third-order valence-electron chi connectivity index (χ3n) is 2.18. The summed E-state index contributed by atoms with van der Waals surface area (Å²) in [5.41, 5.74) is 0. The van der Waals surface area contributed by atoms with Crippen molar-refractivity contribution in [3.05, 3.63) is 41.2 Å². The van der Waals surface area contributed by atoms with Gasteiger partial charge < -0.3 is 9.64 Å². The minimum Gasteiger partial charge on any atom is -0.465 e. The number of carbonyl (C=O) groups excluding carboxylic acids is 1. The topological polar surface area (TPSA) is 63.7 Å². The molecule has 0 amide bonds. The molecule has 0 heterocycles. The van der Waals surface area contributed by atoms with Crippen LogP contribution in [0.1, 0.15) is 0 Å². The standard InChI is InChI=1S/C12H14FNO4S/c1-14(2)8-11(12(15)18-3)19(16,17)10-6-4-9(13)5-7-10/h4-8H,1-3H3. The van der Waals surface area contributed by atoms with Gasteiger partial charge in [-0.05, 0) is 24.3 Å². The smallest absolute Gasteiger partial charge is 0.351 e. The van der Waals surface area contributed by atoms with Gasteiger partial charge in [-0.25, -0.2) is 17.6 Å². The molecular weight excluding hydrogens is 273 g/mol. The number of benzene rings is 1. The highest BCUT2D eigenvalue weighted by atomic mass is 32.2. The van der Waals surface area contributed by atoms with Gasteiger partial charge in [-0.1, -0.05) is 0 Å². The summed E-state index contributed by atoms with van der Waals surface area (Å²) in [6.07, 6.45) is 1.14. The summed E-state index contributed by atoms with van der Waals surface area (Å²) >= 11 is 0. The number of carbonyl (C=O) groups is 1. The van der Waals surface area contributed by atoms with E-state index >= 15 is 0 Å². The normalized spacial score (nSPS) is 12.1. The van der Waals surface area contributed by atoms with E-state index in [1.54, 1.807) is 14.1 Å². The average molecular weight is 287 g/mol. The van der Waals surface area contributed by atoms with Crippen molar-refractivity contribution in [2.24, 2.45) is 0 Å². The minimum atomic E-state index is -4.05. The van der Waals surface area contributed by atoms with Crippen molar-refractivity contribution >= 4 is 15.8 Å². The van der Waals surface area contributed by atoms with Gasteiger partial charge in [0.2, 0.25) is 9.84 Å². The quantitative estimate of drug-likeness (QED) is 0.472. The van der Waals surface area contributed by atoms with Gasteiger partial charge in [0.25, 0.3) is 0 Å².